The standard InChI is InChI=1S/C16H30N2O4S/c1-4-13(5-2)15-10-14(6-8-22-15)17-16(19)18-7-9-23(20,21)11-12(18)3/h12-15H,4-11H2,1-3H3,(H,17,19)/t12-,14+,15-/m0/s1. The first-order valence-electron chi connectivity index (χ1n) is 8.75. The number of amides is 2. The first-order valence-corrected chi connectivity index (χ1v) is 10.6. The highest BCUT2D eigenvalue weighted by molar-refractivity contribution is 7.91. The average Bonchev–Trinajstić information content (AvgIpc) is 2.47. The van der Waals surface area contributed by atoms with Crippen LogP contribution in [0.4, 0.5) is 4.79 Å². The molecule has 0 spiro atoms. The molecule has 2 aliphatic rings. The molecule has 1 N–H and O–H groups in total. The Bertz CT molecular complexity index is 504. The Hall–Kier alpha value is -0.820. The van der Waals surface area contributed by atoms with E-state index in [-0.39, 0.29) is 42.3 Å². The smallest absolute Gasteiger partial charge is 0.317 e. The summed E-state index contributed by atoms with van der Waals surface area (Å²) in [5.74, 6) is 0.660. The molecule has 0 aromatic heterocycles. The summed E-state index contributed by atoms with van der Waals surface area (Å²) >= 11 is 0. The molecule has 2 amide bonds. The van der Waals surface area contributed by atoms with E-state index in [9.17, 15) is 13.2 Å². The van der Waals surface area contributed by atoms with Crippen molar-refractivity contribution in [1.82, 2.24) is 10.2 Å². The van der Waals surface area contributed by atoms with Crippen molar-refractivity contribution in [3.05, 3.63) is 0 Å². The molecule has 0 aromatic carbocycles. The van der Waals surface area contributed by atoms with Crippen LogP contribution in [0.3, 0.4) is 0 Å². The van der Waals surface area contributed by atoms with Gasteiger partial charge in [-0.15, -0.1) is 0 Å². The number of urea groups is 1. The third-order valence-corrected chi connectivity index (χ3v) is 6.94. The van der Waals surface area contributed by atoms with Gasteiger partial charge >= 0.3 is 6.03 Å². The van der Waals surface area contributed by atoms with Crippen LogP contribution in [-0.2, 0) is 14.6 Å². The maximum Gasteiger partial charge on any atom is 0.317 e. The van der Waals surface area contributed by atoms with Crippen molar-refractivity contribution in [3.63, 3.8) is 0 Å². The lowest BCUT2D eigenvalue weighted by Crippen LogP contribution is -2.56. The zero-order valence-corrected chi connectivity index (χ0v) is 15.3. The summed E-state index contributed by atoms with van der Waals surface area (Å²) in [6, 6.07) is -0.279. The Labute approximate surface area is 139 Å². The zero-order chi connectivity index (χ0) is 17.0. The number of carbonyl (C=O) groups excluding carboxylic acids is 1. The van der Waals surface area contributed by atoms with Gasteiger partial charge < -0.3 is 15.0 Å². The van der Waals surface area contributed by atoms with E-state index in [1.807, 2.05) is 0 Å². The molecule has 0 radical (unpaired) electrons. The molecule has 0 aliphatic carbocycles. The number of nitrogens with zero attached hydrogens (tertiary/aromatic N) is 1. The molecule has 3 atom stereocenters. The van der Waals surface area contributed by atoms with Crippen molar-refractivity contribution >= 4 is 15.9 Å². The molecule has 23 heavy (non-hydrogen) atoms. The van der Waals surface area contributed by atoms with Gasteiger partial charge in [-0.25, -0.2) is 13.2 Å². The summed E-state index contributed by atoms with van der Waals surface area (Å²) in [7, 11) is -3.00. The number of sulfone groups is 1. The highest BCUT2D eigenvalue weighted by Crippen LogP contribution is 2.25. The van der Waals surface area contributed by atoms with Gasteiger partial charge in [-0.3, -0.25) is 0 Å². The van der Waals surface area contributed by atoms with E-state index in [0.717, 1.165) is 25.7 Å². The summed E-state index contributed by atoms with van der Waals surface area (Å²) in [5, 5.41) is 3.09. The minimum absolute atomic E-state index is 0.0601. The first-order chi connectivity index (χ1) is 10.9. The Morgan fingerprint density at radius 3 is 2.65 bits per heavy atom. The topological polar surface area (TPSA) is 75.7 Å². The van der Waals surface area contributed by atoms with E-state index in [2.05, 4.69) is 19.2 Å². The van der Waals surface area contributed by atoms with Crippen molar-refractivity contribution in [1.29, 1.82) is 0 Å². The van der Waals surface area contributed by atoms with Gasteiger partial charge in [0.05, 0.1) is 17.6 Å². The van der Waals surface area contributed by atoms with Crippen molar-refractivity contribution in [2.24, 2.45) is 5.92 Å². The molecule has 134 valence electrons. The van der Waals surface area contributed by atoms with Crippen LogP contribution in [-0.4, -0.2) is 62.2 Å². The van der Waals surface area contributed by atoms with Gasteiger partial charge in [0, 0.05) is 25.2 Å². The Morgan fingerprint density at radius 2 is 2.04 bits per heavy atom. The van der Waals surface area contributed by atoms with Crippen molar-refractivity contribution in [2.45, 2.75) is 64.6 Å². The fourth-order valence-electron chi connectivity index (χ4n) is 3.66. The van der Waals surface area contributed by atoms with Gasteiger partial charge in [0.2, 0.25) is 0 Å². The summed E-state index contributed by atoms with van der Waals surface area (Å²) in [5.41, 5.74) is 0. The van der Waals surface area contributed by atoms with E-state index in [1.165, 1.54) is 0 Å². The molecule has 0 bridgehead atoms. The summed E-state index contributed by atoms with van der Waals surface area (Å²) in [6.07, 6.45) is 4.05. The van der Waals surface area contributed by atoms with Crippen LogP contribution in [0, 0.1) is 5.92 Å². The van der Waals surface area contributed by atoms with E-state index in [1.54, 1.807) is 11.8 Å². The molecular weight excluding hydrogens is 316 g/mol. The molecule has 2 heterocycles. The van der Waals surface area contributed by atoms with Gasteiger partial charge in [0.25, 0.3) is 0 Å². The molecule has 2 saturated heterocycles. The second-order valence-corrected chi connectivity index (χ2v) is 9.04. The third kappa shape index (κ3) is 4.83. The number of hydrogen-bond donors (Lipinski definition) is 1. The third-order valence-electron chi connectivity index (χ3n) is 5.15. The van der Waals surface area contributed by atoms with Crippen LogP contribution in [0.15, 0.2) is 0 Å². The zero-order valence-electron chi connectivity index (χ0n) is 14.5. The lowest BCUT2D eigenvalue weighted by molar-refractivity contribution is -0.0337. The molecule has 7 heteroatoms. The van der Waals surface area contributed by atoms with Crippen LogP contribution >= 0.6 is 0 Å². The molecular formula is C16H30N2O4S. The van der Waals surface area contributed by atoms with E-state index in [4.69, 9.17) is 4.74 Å². The SMILES string of the molecule is CCC(CC)[C@@H]1C[C@H](NC(=O)N2CCS(=O)(=O)C[C@@H]2C)CCO1. The number of carbonyl (C=O) groups is 1. The second-order valence-electron chi connectivity index (χ2n) is 6.81. The number of rotatable bonds is 4. The van der Waals surface area contributed by atoms with Crippen LogP contribution in [0.1, 0.15) is 46.5 Å². The molecule has 6 nitrogen and oxygen atoms in total. The minimum atomic E-state index is -3.00. The normalized spacial score (nSPS) is 31.1. The summed E-state index contributed by atoms with van der Waals surface area (Å²) in [4.78, 5) is 14.1. The molecule has 2 fully saturated rings. The number of hydrogen-bond acceptors (Lipinski definition) is 4. The van der Waals surface area contributed by atoms with E-state index >= 15 is 0 Å². The van der Waals surface area contributed by atoms with Gasteiger partial charge in [0.1, 0.15) is 0 Å². The van der Waals surface area contributed by atoms with E-state index < -0.39 is 9.84 Å². The molecule has 0 aromatic rings. The predicted molar refractivity (Wildman–Crippen MR) is 90.2 cm³/mol. The molecule has 0 saturated carbocycles. The quantitative estimate of drug-likeness (QED) is 0.842. The van der Waals surface area contributed by atoms with Gasteiger partial charge in [-0.2, -0.15) is 0 Å². The minimum Gasteiger partial charge on any atom is -0.378 e. The lowest BCUT2D eigenvalue weighted by atomic mass is 9.89. The monoisotopic (exact) mass is 346 g/mol. The highest BCUT2D eigenvalue weighted by atomic mass is 32.2. The molecule has 0 unspecified atom stereocenters. The molecule has 2 rings (SSSR count). The lowest BCUT2D eigenvalue weighted by Gasteiger charge is -2.37. The van der Waals surface area contributed by atoms with Crippen LogP contribution in [0.25, 0.3) is 0 Å². The summed E-state index contributed by atoms with van der Waals surface area (Å²) < 4.78 is 29.1. The van der Waals surface area contributed by atoms with Crippen molar-refractivity contribution < 1.29 is 17.9 Å². The van der Waals surface area contributed by atoms with Crippen LogP contribution in [0.5, 0.6) is 0 Å². The predicted octanol–water partition coefficient (Wildman–Crippen LogP) is 1.80. The largest absolute Gasteiger partial charge is 0.378 e. The second kappa shape index (κ2) is 7.83. The number of nitrogens with one attached hydrogen (secondary N) is 1. The first kappa shape index (κ1) is 18.5. The van der Waals surface area contributed by atoms with Crippen molar-refractivity contribution in [3.8, 4) is 0 Å². The van der Waals surface area contributed by atoms with Crippen LogP contribution in [0.2, 0.25) is 0 Å². The van der Waals surface area contributed by atoms with Gasteiger partial charge in [0.15, 0.2) is 9.84 Å². The summed E-state index contributed by atoms with van der Waals surface area (Å²) in [6.45, 7) is 7.11. The van der Waals surface area contributed by atoms with Crippen molar-refractivity contribution in [2.75, 3.05) is 24.7 Å². The van der Waals surface area contributed by atoms with Crippen LogP contribution < -0.4 is 5.32 Å². The fourth-order valence-corrected chi connectivity index (χ4v) is 5.22. The average molecular weight is 346 g/mol. The number of ether oxygens (including phenoxy) is 1. The molecule has 2 aliphatic heterocycles. The fraction of sp³-hybridized carbons (Fsp3) is 0.938. The Kier molecular flexibility index (Phi) is 6.31. The maximum atomic E-state index is 12.5. The highest BCUT2D eigenvalue weighted by Gasteiger charge is 2.34. The van der Waals surface area contributed by atoms with E-state index in [0.29, 0.717) is 12.5 Å². The Morgan fingerprint density at radius 1 is 1.35 bits per heavy atom. The maximum absolute atomic E-state index is 12.5. The van der Waals surface area contributed by atoms with Gasteiger partial charge in [-0.05, 0) is 25.7 Å². The van der Waals surface area contributed by atoms with Gasteiger partial charge in [-0.1, -0.05) is 26.7 Å². The Balaban J connectivity index is 1.90.